The summed E-state index contributed by atoms with van der Waals surface area (Å²) in [6.07, 6.45) is 1.54. The molecular weight excluding hydrogens is 262 g/mol. The molecule has 2 heterocycles. The SMILES string of the molecule is O=C(O)c1ccc(=O)n2cccc(Br)c12. The van der Waals surface area contributed by atoms with Crippen LogP contribution in [0.15, 0.2) is 39.7 Å². The van der Waals surface area contributed by atoms with E-state index in [2.05, 4.69) is 15.9 Å². The number of carboxylic acid groups (broad SMARTS) is 1. The Morgan fingerprint density at radius 2 is 2.07 bits per heavy atom. The van der Waals surface area contributed by atoms with E-state index >= 15 is 0 Å². The number of aromatic nitrogens is 1. The number of hydrogen-bond donors (Lipinski definition) is 1. The molecule has 0 spiro atoms. The molecule has 0 saturated heterocycles. The highest BCUT2D eigenvalue weighted by Gasteiger charge is 2.11. The molecule has 4 nitrogen and oxygen atoms in total. The van der Waals surface area contributed by atoms with Gasteiger partial charge in [-0.25, -0.2) is 4.79 Å². The second kappa shape index (κ2) is 3.51. The van der Waals surface area contributed by atoms with Crippen LogP contribution in [0.3, 0.4) is 0 Å². The number of rotatable bonds is 1. The van der Waals surface area contributed by atoms with Gasteiger partial charge in [0.1, 0.15) is 0 Å². The van der Waals surface area contributed by atoms with Crippen molar-refractivity contribution in [1.82, 2.24) is 4.40 Å². The van der Waals surface area contributed by atoms with E-state index in [1.807, 2.05) is 0 Å². The Kier molecular flexibility index (Phi) is 2.32. The summed E-state index contributed by atoms with van der Waals surface area (Å²) in [6, 6.07) is 5.92. The molecule has 0 saturated carbocycles. The Morgan fingerprint density at radius 1 is 1.33 bits per heavy atom. The lowest BCUT2D eigenvalue weighted by atomic mass is 10.2. The maximum atomic E-state index is 11.5. The summed E-state index contributed by atoms with van der Waals surface area (Å²) in [6.45, 7) is 0. The predicted molar refractivity (Wildman–Crippen MR) is 58.3 cm³/mol. The second-order valence-electron chi connectivity index (χ2n) is 2.97. The van der Waals surface area contributed by atoms with Crippen LogP contribution in [-0.2, 0) is 0 Å². The summed E-state index contributed by atoms with van der Waals surface area (Å²) in [7, 11) is 0. The van der Waals surface area contributed by atoms with E-state index in [1.165, 1.54) is 22.7 Å². The Balaban J connectivity index is 3.03. The maximum absolute atomic E-state index is 11.5. The first-order valence-electron chi connectivity index (χ1n) is 4.14. The maximum Gasteiger partial charge on any atom is 0.337 e. The molecule has 0 bridgehead atoms. The third-order valence-electron chi connectivity index (χ3n) is 2.06. The van der Waals surface area contributed by atoms with Gasteiger partial charge >= 0.3 is 5.97 Å². The summed E-state index contributed by atoms with van der Waals surface area (Å²) in [5.74, 6) is -1.06. The number of halogens is 1. The molecule has 15 heavy (non-hydrogen) atoms. The van der Waals surface area contributed by atoms with Crippen LogP contribution in [0.25, 0.3) is 5.52 Å². The van der Waals surface area contributed by atoms with Crippen molar-refractivity contribution < 1.29 is 9.90 Å². The van der Waals surface area contributed by atoms with Crippen LogP contribution in [0.4, 0.5) is 0 Å². The van der Waals surface area contributed by atoms with Crippen LogP contribution >= 0.6 is 15.9 Å². The fraction of sp³-hybridized carbons (Fsp3) is 0. The molecule has 1 N–H and O–H groups in total. The van der Waals surface area contributed by atoms with Gasteiger partial charge in [0, 0.05) is 16.7 Å². The molecular formula is C10H6BrNO3. The minimum atomic E-state index is -1.06. The number of carboxylic acids is 1. The van der Waals surface area contributed by atoms with Crippen LogP contribution in [0.5, 0.6) is 0 Å². The van der Waals surface area contributed by atoms with Crippen molar-refractivity contribution >= 4 is 27.4 Å². The number of pyridine rings is 2. The predicted octanol–water partition coefficient (Wildman–Crippen LogP) is 1.76. The van der Waals surface area contributed by atoms with Gasteiger partial charge in [-0.15, -0.1) is 0 Å². The Morgan fingerprint density at radius 3 is 2.73 bits per heavy atom. The van der Waals surface area contributed by atoms with E-state index < -0.39 is 5.97 Å². The van der Waals surface area contributed by atoms with Gasteiger partial charge in [0.15, 0.2) is 0 Å². The summed E-state index contributed by atoms with van der Waals surface area (Å²) < 4.78 is 1.88. The lowest BCUT2D eigenvalue weighted by Crippen LogP contribution is -2.15. The van der Waals surface area contributed by atoms with E-state index in [4.69, 9.17) is 5.11 Å². The molecule has 0 aliphatic carbocycles. The van der Waals surface area contributed by atoms with Crippen molar-refractivity contribution in [1.29, 1.82) is 0 Å². The minimum absolute atomic E-state index is 0.0991. The topological polar surface area (TPSA) is 58.8 Å². The first kappa shape index (κ1) is 9.92. The zero-order chi connectivity index (χ0) is 11.0. The summed E-state index contributed by atoms with van der Waals surface area (Å²) in [5, 5.41) is 8.96. The summed E-state index contributed by atoms with van der Waals surface area (Å²) in [5.41, 5.74) is 0.218. The molecule has 0 amide bonds. The average Bonchev–Trinajstić information content (AvgIpc) is 2.19. The molecule has 0 aliphatic heterocycles. The average molecular weight is 268 g/mol. The van der Waals surface area contributed by atoms with Gasteiger partial charge in [-0.3, -0.25) is 9.20 Å². The molecule has 2 aromatic heterocycles. The quantitative estimate of drug-likeness (QED) is 0.857. The Bertz CT molecular complexity index is 603. The van der Waals surface area contributed by atoms with Crippen molar-refractivity contribution in [3.63, 3.8) is 0 Å². The largest absolute Gasteiger partial charge is 0.478 e. The van der Waals surface area contributed by atoms with Gasteiger partial charge < -0.3 is 5.11 Å². The highest BCUT2D eigenvalue weighted by Crippen LogP contribution is 2.19. The Labute approximate surface area is 92.9 Å². The molecule has 5 heteroatoms. The van der Waals surface area contributed by atoms with E-state index in [-0.39, 0.29) is 11.1 Å². The highest BCUT2D eigenvalue weighted by molar-refractivity contribution is 9.10. The van der Waals surface area contributed by atoms with Gasteiger partial charge in [-0.1, -0.05) is 0 Å². The summed E-state index contributed by atoms with van der Waals surface area (Å²) >= 11 is 3.23. The zero-order valence-corrected chi connectivity index (χ0v) is 9.06. The van der Waals surface area contributed by atoms with Crippen molar-refractivity contribution in [2.75, 3.05) is 0 Å². The van der Waals surface area contributed by atoms with Crippen LogP contribution in [0.1, 0.15) is 10.4 Å². The third kappa shape index (κ3) is 1.55. The number of nitrogens with zero attached hydrogens (tertiary/aromatic N) is 1. The molecule has 0 fully saturated rings. The zero-order valence-electron chi connectivity index (χ0n) is 7.48. The fourth-order valence-corrected chi connectivity index (χ4v) is 1.97. The highest BCUT2D eigenvalue weighted by atomic mass is 79.9. The monoisotopic (exact) mass is 267 g/mol. The lowest BCUT2D eigenvalue weighted by molar-refractivity contribution is 0.0698. The van der Waals surface area contributed by atoms with Crippen molar-refractivity contribution in [3.8, 4) is 0 Å². The summed E-state index contributed by atoms with van der Waals surface area (Å²) in [4.78, 5) is 22.4. The van der Waals surface area contributed by atoms with Gasteiger partial charge in [0.05, 0.1) is 11.1 Å². The van der Waals surface area contributed by atoms with E-state index in [0.29, 0.717) is 9.99 Å². The van der Waals surface area contributed by atoms with Gasteiger partial charge in [-0.05, 0) is 34.1 Å². The van der Waals surface area contributed by atoms with Crippen LogP contribution < -0.4 is 5.56 Å². The molecule has 0 aromatic carbocycles. The van der Waals surface area contributed by atoms with Crippen LogP contribution in [-0.4, -0.2) is 15.5 Å². The van der Waals surface area contributed by atoms with E-state index in [1.54, 1.807) is 12.1 Å². The molecule has 0 atom stereocenters. The molecule has 0 unspecified atom stereocenters. The standard InChI is InChI=1S/C10H6BrNO3/c11-7-2-1-5-12-8(13)4-3-6(9(7)12)10(14)15/h1-5H,(H,14,15). The minimum Gasteiger partial charge on any atom is -0.478 e. The molecule has 0 aliphatic rings. The number of aromatic carboxylic acids is 1. The van der Waals surface area contributed by atoms with E-state index in [0.717, 1.165) is 0 Å². The normalized spacial score (nSPS) is 10.5. The number of fused-ring (bicyclic) bond motifs is 1. The van der Waals surface area contributed by atoms with Crippen molar-refractivity contribution in [3.05, 3.63) is 50.9 Å². The second-order valence-corrected chi connectivity index (χ2v) is 3.82. The van der Waals surface area contributed by atoms with Crippen molar-refractivity contribution in [2.24, 2.45) is 0 Å². The molecule has 76 valence electrons. The third-order valence-corrected chi connectivity index (χ3v) is 2.70. The Hall–Kier alpha value is -1.62. The number of hydrogen-bond acceptors (Lipinski definition) is 2. The van der Waals surface area contributed by atoms with Gasteiger partial charge in [0.2, 0.25) is 0 Å². The fourth-order valence-electron chi connectivity index (χ4n) is 1.41. The van der Waals surface area contributed by atoms with Crippen LogP contribution in [0, 0.1) is 0 Å². The molecule has 2 aromatic rings. The van der Waals surface area contributed by atoms with Gasteiger partial charge in [-0.2, -0.15) is 0 Å². The van der Waals surface area contributed by atoms with Crippen LogP contribution in [0.2, 0.25) is 0 Å². The molecule has 0 radical (unpaired) electrons. The van der Waals surface area contributed by atoms with Gasteiger partial charge in [0.25, 0.3) is 5.56 Å². The first-order chi connectivity index (χ1) is 7.11. The first-order valence-corrected chi connectivity index (χ1v) is 4.94. The van der Waals surface area contributed by atoms with Crippen molar-refractivity contribution in [2.45, 2.75) is 0 Å². The lowest BCUT2D eigenvalue weighted by Gasteiger charge is -2.05. The number of carbonyl (C=O) groups is 1. The molecule has 2 rings (SSSR count). The smallest absolute Gasteiger partial charge is 0.337 e. The van der Waals surface area contributed by atoms with E-state index in [9.17, 15) is 9.59 Å².